The molecule has 0 aromatic carbocycles. The summed E-state index contributed by atoms with van der Waals surface area (Å²) < 4.78 is 8.81. The number of ether oxygens (including phenoxy) is 2. The van der Waals surface area contributed by atoms with E-state index >= 15 is 0 Å². The van der Waals surface area contributed by atoms with Gasteiger partial charge in [-0.3, -0.25) is 20.2 Å². The normalized spacial score (nSPS) is 30.1. The van der Waals surface area contributed by atoms with Gasteiger partial charge < -0.3 is 14.7 Å². The minimum Gasteiger partial charge on any atom is -0.604 e. The van der Waals surface area contributed by atoms with E-state index in [9.17, 15) is 19.6 Å². The number of fused-ring (bicyclic) bond motifs is 1. The van der Waals surface area contributed by atoms with Gasteiger partial charge in [-0.25, -0.2) is 9.55 Å². The number of rotatable bonds is 2. The SMILES string of the molecule is COC(=O)C1CNCN2C(=O)CCC(NC(=O)OC(C)(C)C)[N+]2([O-])C1. The van der Waals surface area contributed by atoms with Gasteiger partial charge in [-0.2, -0.15) is 5.01 Å². The highest BCUT2D eigenvalue weighted by molar-refractivity contribution is 5.76. The Kier molecular flexibility index (Phi) is 5.55. The van der Waals surface area contributed by atoms with Crippen molar-refractivity contribution in [3.8, 4) is 0 Å². The standard InChI is InChI=1S/C15H26N4O6/c1-15(2,3)25-14(22)17-11-5-6-12(20)18-9-16-7-10(13(21)24-4)8-19(11,18)23/h10-11,16H,5-9H2,1-4H3,(H,17,22). The van der Waals surface area contributed by atoms with Crippen LogP contribution in [0.5, 0.6) is 0 Å². The zero-order valence-corrected chi connectivity index (χ0v) is 15.0. The third kappa shape index (κ3) is 4.39. The van der Waals surface area contributed by atoms with Crippen molar-refractivity contribution in [2.45, 2.75) is 45.4 Å². The van der Waals surface area contributed by atoms with Crippen LogP contribution in [-0.2, 0) is 19.1 Å². The third-order valence-corrected chi connectivity index (χ3v) is 4.17. The molecule has 25 heavy (non-hydrogen) atoms. The van der Waals surface area contributed by atoms with Crippen molar-refractivity contribution in [2.75, 3.05) is 26.9 Å². The van der Waals surface area contributed by atoms with Crippen LogP contribution in [0, 0.1) is 11.1 Å². The van der Waals surface area contributed by atoms with Crippen molar-refractivity contribution in [1.29, 1.82) is 0 Å². The minimum absolute atomic E-state index is 0.00231. The predicted octanol–water partition coefficient (Wildman–Crippen LogP) is 0.0391. The number of hydroxylamine groups is 2. The summed E-state index contributed by atoms with van der Waals surface area (Å²) in [6.07, 6.45) is -1.34. The molecule has 142 valence electrons. The highest BCUT2D eigenvalue weighted by atomic mass is 16.6. The van der Waals surface area contributed by atoms with E-state index in [1.54, 1.807) is 20.8 Å². The first kappa shape index (κ1) is 19.4. The van der Waals surface area contributed by atoms with E-state index in [4.69, 9.17) is 9.47 Å². The number of hydrogen-bond acceptors (Lipinski definition) is 7. The van der Waals surface area contributed by atoms with E-state index in [-0.39, 0.29) is 38.5 Å². The van der Waals surface area contributed by atoms with E-state index in [0.717, 1.165) is 5.01 Å². The monoisotopic (exact) mass is 358 g/mol. The molecule has 10 heteroatoms. The Hall–Kier alpha value is -1.91. The van der Waals surface area contributed by atoms with E-state index in [1.165, 1.54) is 7.11 Å². The molecule has 3 atom stereocenters. The van der Waals surface area contributed by atoms with Crippen LogP contribution in [0.4, 0.5) is 4.79 Å². The number of carbonyl (C=O) groups excluding carboxylic acids is 3. The molecular weight excluding hydrogens is 332 g/mol. The molecule has 2 amide bonds. The Bertz CT molecular complexity index is 549. The number of nitrogens with zero attached hydrogens (tertiary/aromatic N) is 2. The predicted molar refractivity (Wildman–Crippen MR) is 86.1 cm³/mol. The first-order valence-corrected chi connectivity index (χ1v) is 8.24. The topological polar surface area (TPSA) is 120 Å². The molecule has 2 fully saturated rings. The number of nitrogens with one attached hydrogen (secondary N) is 2. The molecule has 0 saturated carbocycles. The van der Waals surface area contributed by atoms with Crippen molar-refractivity contribution in [1.82, 2.24) is 15.6 Å². The number of carbonyl (C=O) groups is 3. The number of esters is 1. The Morgan fingerprint density at radius 2 is 2.08 bits per heavy atom. The van der Waals surface area contributed by atoms with Crippen LogP contribution >= 0.6 is 0 Å². The van der Waals surface area contributed by atoms with E-state index in [0.29, 0.717) is 0 Å². The molecule has 3 unspecified atom stereocenters. The van der Waals surface area contributed by atoms with Gasteiger partial charge in [-0.15, -0.1) is 0 Å². The summed E-state index contributed by atoms with van der Waals surface area (Å²) in [4.78, 5) is 36.2. The average Bonchev–Trinajstić information content (AvgIpc) is 2.68. The number of quaternary nitrogens is 1. The van der Waals surface area contributed by atoms with Crippen molar-refractivity contribution in [2.24, 2.45) is 5.92 Å². The molecule has 2 aliphatic heterocycles. The summed E-state index contributed by atoms with van der Waals surface area (Å²) in [5, 5.41) is 20.1. The maximum absolute atomic E-state index is 13.5. The molecule has 2 heterocycles. The van der Waals surface area contributed by atoms with Gasteiger partial charge >= 0.3 is 12.1 Å². The maximum Gasteiger partial charge on any atom is 0.412 e. The van der Waals surface area contributed by atoms with Crippen LogP contribution in [0.2, 0.25) is 0 Å². The summed E-state index contributed by atoms with van der Waals surface area (Å²) in [7, 11) is 1.25. The Morgan fingerprint density at radius 3 is 2.68 bits per heavy atom. The molecule has 0 spiro atoms. The summed E-state index contributed by atoms with van der Waals surface area (Å²) >= 11 is 0. The molecule has 2 N–H and O–H groups in total. The summed E-state index contributed by atoms with van der Waals surface area (Å²) in [6, 6.07) is 0. The summed E-state index contributed by atoms with van der Waals surface area (Å²) in [6.45, 7) is 5.17. The van der Waals surface area contributed by atoms with Gasteiger partial charge in [0.2, 0.25) is 0 Å². The summed E-state index contributed by atoms with van der Waals surface area (Å²) in [5.41, 5.74) is -0.711. The van der Waals surface area contributed by atoms with Gasteiger partial charge in [0.1, 0.15) is 24.7 Å². The van der Waals surface area contributed by atoms with Gasteiger partial charge in [0.05, 0.1) is 7.11 Å². The second kappa shape index (κ2) is 7.14. The lowest BCUT2D eigenvalue weighted by Crippen LogP contribution is -2.72. The Labute approximate surface area is 146 Å². The quantitative estimate of drug-likeness (QED) is 0.406. The number of alkyl carbamates (subject to hydrolysis) is 1. The molecule has 2 rings (SSSR count). The molecule has 0 aliphatic carbocycles. The van der Waals surface area contributed by atoms with E-state index < -0.39 is 34.5 Å². The van der Waals surface area contributed by atoms with Crippen molar-refractivity contribution >= 4 is 18.0 Å². The Balaban J connectivity index is 2.22. The van der Waals surface area contributed by atoms with E-state index in [2.05, 4.69) is 10.6 Å². The highest BCUT2D eigenvalue weighted by Crippen LogP contribution is 2.29. The molecule has 0 aromatic rings. The van der Waals surface area contributed by atoms with Gasteiger partial charge in [0.15, 0.2) is 6.17 Å². The first-order valence-electron chi connectivity index (χ1n) is 8.24. The maximum atomic E-state index is 13.5. The smallest absolute Gasteiger partial charge is 0.412 e. The fourth-order valence-electron chi connectivity index (χ4n) is 3.05. The van der Waals surface area contributed by atoms with Crippen LogP contribution in [0.1, 0.15) is 33.6 Å². The lowest BCUT2D eigenvalue weighted by Gasteiger charge is -2.54. The van der Waals surface area contributed by atoms with Crippen LogP contribution in [0.3, 0.4) is 0 Å². The molecule has 0 radical (unpaired) electrons. The molecule has 10 nitrogen and oxygen atoms in total. The molecule has 2 aliphatic rings. The van der Waals surface area contributed by atoms with Crippen molar-refractivity contribution < 1.29 is 28.6 Å². The molecule has 2 saturated heterocycles. The second-order valence-corrected chi connectivity index (χ2v) is 7.26. The van der Waals surface area contributed by atoms with Crippen LogP contribution in [0.25, 0.3) is 0 Å². The van der Waals surface area contributed by atoms with Gasteiger partial charge in [-0.05, 0) is 20.8 Å². The van der Waals surface area contributed by atoms with E-state index in [1.807, 2.05) is 0 Å². The van der Waals surface area contributed by atoms with Crippen molar-refractivity contribution in [3.63, 3.8) is 0 Å². The van der Waals surface area contributed by atoms with Crippen LogP contribution in [-0.4, -0.2) is 66.4 Å². The fraction of sp³-hybridized carbons (Fsp3) is 0.800. The highest BCUT2D eigenvalue weighted by Gasteiger charge is 2.48. The number of hydrogen-bond donors (Lipinski definition) is 2. The average molecular weight is 358 g/mol. The number of methoxy groups -OCH3 is 1. The van der Waals surface area contributed by atoms with Crippen molar-refractivity contribution in [3.05, 3.63) is 5.21 Å². The van der Waals surface area contributed by atoms with Crippen LogP contribution in [0.15, 0.2) is 0 Å². The molecular formula is C15H26N4O6. The largest absolute Gasteiger partial charge is 0.604 e. The van der Waals surface area contributed by atoms with Gasteiger partial charge in [0.25, 0.3) is 5.91 Å². The third-order valence-electron chi connectivity index (χ3n) is 4.17. The number of amides is 2. The summed E-state index contributed by atoms with van der Waals surface area (Å²) in [5.74, 6) is -1.58. The Morgan fingerprint density at radius 1 is 1.40 bits per heavy atom. The molecule has 0 aromatic heterocycles. The van der Waals surface area contributed by atoms with Gasteiger partial charge in [0, 0.05) is 19.4 Å². The lowest BCUT2D eigenvalue weighted by atomic mass is 10.1. The van der Waals surface area contributed by atoms with Crippen LogP contribution < -0.4 is 10.6 Å². The molecule has 0 bridgehead atoms. The minimum atomic E-state index is -1.13. The lowest BCUT2D eigenvalue weighted by molar-refractivity contribution is -1.01. The fourth-order valence-corrected chi connectivity index (χ4v) is 3.05. The zero-order valence-electron chi connectivity index (χ0n) is 15.0. The van der Waals surface area contributed by atoms with Gasteiger partial charge in [-0.1, -0.05) is 0 Å². The first-order chi connectivity index (χ1) is 11.6. The zero-order chi connectivity index (χ0) is 18.8. The second-order valence-electron chi connectivity index (χ2n) is 7.26.